The standard InChI is InChI=1S/C12H16N2O4/c1-2-16-7-9-5-11-10(3-4-17-11)14(9)8-18-12(15)6-13/h3-5H,2,6-8,13H2,1H3. The highest BCUT2D eigenvalue weighted by molar-refractivity contribution is 5.75. The Bertz CT molecular complexity index is 529. The van der Waals surface area contributed by atoms with Crippen molar-refractivity contribution in [2.24, 2.45) is 5.73 Å². The maximum absolute atomic E-state index is 11.1. The molecule has 0 atom stereocenters. The normalized spacial score (nSPS) is 11.0. The zero-order valence-electron chi connectivity index (χ0n) is 10.2. The van der Waals surface area contributed by atoms with E-state index in [0.717, 1.165) is 16.8 Å². The second-order valence-corrected chi connectivity index (χ2v) is 3.72. The van der Waals surface area contributed by atoms with Crippen LogP contribution in [0.1, 0.15) is 12.6 Å². The van der Waals surface area contributed by atoms with Gasteiger partial charge in [-0.1, -0.05) is 0 Å². The van der Waals surface area contributed by atoms with E-state index in [4.69, 9.17) is 19.6 Å². The van der Waals surface area contributed by atoms with Crippen LogP contribution in [-0.2, 0) is 27.6 Å². The molecule has 0 amide bonds. The molecule has 2 aromatic rings. The van der Waals surface area contributed by atoms with Crippen LogP contribution in [0.5, 0.6) is 0 Å². The first-order chi connectivity index (χ1) is 8.76. The lowest BCUT2D eigenvalue weighted by Gasteiger charge is -2.10. The van der Waals surface area contributed by atoms with Gasteiger partial charge in [-0.3, -0.25) is 4.79 Å². The maximum atomic E-state index is 11.1. The molecule has 98 valence electrons. The first-order valence-corrected chi connectivity index (χ1v) is 5.75. The van der Waals surface area contributed by atoms with Crippen LogP contribution in [0.15, 0.2) is 22.8 Å². The van der Waals surface area contributed by atoms with Gasteiger partial charge in [-0.2, -0.15) is 0 Å². The number of fused-ring (bicyclic) bond motifs is 1. The largest absolute Gasteiger partial charge is 0.463 e. The van der Waals surface area contributed by atoms with Crippen molar-refractivity contribution in [2.75, 3.05) is 13.2 Å². The van der Waals surface area contributed by atoms with Crippen LogP contribution in [0.4, 0.5) is 0 Å². The summed E-state index contributed by atoms with van der Waals surface area (Å²) in [6.07, 6.45) is 1.59. The van der Waals surface area contributed by atoms with E-state index >= 15 is 0 Å². The van der Waals surface area contributed by atoms with Crippen molar-refractivity contribution in [3.63, 3.8) is 0 Å². The number of hydrogen-bond donors (Lipinski definition) is 1. The second-order valence-electron chi connectivity index (χ2n) is 3.72. The first-order valence-electron chi connectivity index (χ1n) is 5.75. The fourth-order valence-electron chi connectivity index (χ4n) is 1.70. The van der Waals surface area contributed by atoms with Crippen LogP contribution in [-0.4, -0.2) is 23.7 Å². The van der Waals surface area contributed by atoms with E-state index in [9.17, 15) is 4.79 Å². The Morgan fingerprint density at radius 3 is 3.11 bits per heavy atom. The van der Waals surface area contributed by atoms with Gasteiger partial charge in [0.15, 0.2) is 12.3 Å². The van der Waals surface area contributed by atoms with E-state index in [-0.39, 0.29) is 13.3 Å². The zero-order chi connectivity index (χ0) is 13.0. The monoisotopic (exact) mass is 252 g/mol. The van der Waals surface area contributed by atoms with Gasteiger partial charge in [0.05, 0.1) is 30.6 Å². The molecule has 0 aliphatic rings. The summed E-state index contributed by atoms with van der Waals surface area (Å²) in [5.74, 6) is -0.442. The summed E-state index contributed by atoms with van der Waals surface area (Å²) in [5, 5.41) is 0. The van der Waals surface area contributed by atoms with E-state index in [1.165, 1.54) is 0 Å². The Morgan fingerprint density at radius 2 is 2.39 bits per heavy atom. The third-order valence-corrected chi connectivity index (χ3v) is 2.58. The van der Waals surface area contributed by atoms with E-state index in [1.54, 1.807) is 6.26 Å². The van der Waals surface area contributed by atoms with E-state index < -0.39 is 5.97 Å². The third kappa shape index (κ3) is 2.55. The number of ether oxygens (including phenoxy) is 2. The van der Waals surface area contributed by atoms with Crippen molar-refractivity contribution < 1.29 is 18.7 Å². The summed E-state index contributed by atoms with van der Waals surface area (Å²) in [6.45, 7) is 2.97. The summed E-state index contributed by atoms with van der Waals surface area (Å²) >= 11 is 0. The second kappa shape index (κ2) is 5.70. The van der Waals surface area contributed by atoms with Crippen LogP contribution >= 0.6 is 0 Å². The van der Waals surface area contributed by atoms with Crippen LogP contribution < -0.4 is 5.73 Å². The summed E-state index contributed by atoms with van der Waals surface area (Å²) in [7, 11) is 0. The maximum Gasteiger partial charge on any atom is 0.321 e. The molecule has 0 unspecified atom stereocenters. The average Bonchev–Trinajstić information content (AvgIpc) is 2.94. The van der Waals surface area contributed by atoms with Gasteiger partial charge < -0.3 is 24.2 Å². The molecule has 6 nitrogen and oxygen atoms in total. The number of carbonyl (C=O) groups excluding carboxylic acids is 1. The van der Waals surface area contributed by atoms with E-state index in [1.807, 2.05) is 23.6 Å². The average molecular weight is 252 g/mol. The van der Waals surface area contributed by atoms with Gasteiger partial charge in [0.25, 0.3) is 0 Å². The third-order valence-electron chi connectivity index (χ3n) is 2.58. The van der Waals surface area contributed by atoms with E-state index in [2.05, 4.69) is 0 Å². The number of hydrogen-bond acceptors (Lipinski definition) is 5. The lowest BCUT2D eigenvalue weighted by Crippen LogP contribution is -2.19. The molecule has 18 heavy (non-hydrogen) atoms. The summed E-state index contributed by atoms with van der Waals surface area (Å²) in [6, 6.07) is 3.70. The van der Waals surface area contributed by atoms with Gasteiger partial charge in [-0.15, -0.1) is 0 Å². The molecule has 0 aliphatic heterocycles. The lowest BCUT2D eigenvalue weighted by molar-refractivity contribution is -0.145. The Hall–Kier alpha value is -1.79. The fraction of sp³-hybridized carbons (Fsp3) is 0.417. The number of nitrogens with zero attached hydrogens (tertiary/aromatic N) is 1. The molecule has 0 fully saturated rings. The highest BCUT2D eigenvalue weighted by Crippen LogP contribution is 2.21. The van der Waals surface area contributed by atoms with Crippen molar-refractivity contribution in [2.45, 2.75) is 20.3 Å². The molecule has 2 aromatic heterocycles. The van der Waals surface area contributed by atoms with Gasteiger partial charge >= 0.3 is 5.97 Å². The molecule has 0 bridgehead atoms. The molecule has 2 N–H and O–H groups in total. The Balaban J connectivity index is 2.20. The van der Waals surface area contributed by atoms with Crippen molar-refractivity contribution in [3.05, 3.63) is 24.1 Å². The fourth-order valence-corrected chi connectivity index (χ4v) is 1.70. The van der Waals surface area contributed by atoms with Crippen molar-refractivity contribution >= 4 is 17.1 Å². The molecule has 6 heteroatoms. The minimum Gasteiger partial charge on any atom is -0.463 e. The van der Waals surface area contributed by atoms with Gasteiger partial charge in [-0.05, 0) is 6.92 Å². The zero-order valence-corrected chi connectivity index (χ0v) is 10.2. The minimum absolute atomic E-state index is 0.113. The highest BCUT2D eigenvalue weighted by atomic mass is 16.5. The molecule has 0 spiro atoms. The molecule has 0 aromatic carbocycles. The number of rotatable bonds is 6. The van der Waals surface area contributed by atoms with Crippen molar-refractivity contribution in [3.8, 4) is 0 Å². The predicted molar refractivity (Wildman–Crippen MR) is 64.7 cm³/mol. The van der Waals surface area contributed by atoms with Gasteiger partial charge in [-0.25, -0.2) is 0 Å². The quantitative estimate of drug-likeness (QED) is 0.782. The Morgan fingerprint density at radius 1 is 1.56 bits per heavy atom. The van der Waals surface area contributed by atoms with Crippen LogP contribution in [0.2, 0.25) is 0 Å². The molecular formula is C12H16N2O4. The molecule has 0 aliphatic carbocycles. The number of nitrogens with two attached hydrogens (primary N) is 1. The van der Waals surface area contributed by atoms with Gasteiger partial charge in [0.2, 0.25) is 0 Å². The predicted octanol–water partition coefficient (Wildman–Crippen LogP) is 1.23. The first kappa shape index (κ1) is 12.7. The molecule has 2 heterocycles. The lowest BCUT2D eigenvalue weighted by atomic mass is 10.4. The minimum atomic E-state index is -0.442. The molecular weight excluding hydrogens is 236 g/mol. The van der Waals surface area contributed by atoms with Crippen LogP contribution in [0.3, 0.4) is 0 Å². The number of carbonyl (C=O) groups is 1. The Kier molecular flexibility index (Phi) is 4.01. The van der Waals surface area contributed by atoms with E-state index in [0.29, 0.717) is 13.2 Å². The number of esters is 1. The highest BCUT2D eigenvalue weighted by Gasteiger charge is 2.12. The molecule has 0 radical (unpaired) electrons. The van der Waals surface area contributed by atoms with Crippen molar-refractivity contribution in [1.29, 1.82) is 0 Å². The summed E-state index contributed by atoms with van der Waals surface area (Å²) in [4.78, 5) is 11.1. The van der Waals surface area contributed by atoms with Gasteiger partial charge in [0.1, 0.15) is 0 Å². The van der Waals surface area contributed by atoms with Crippen molar-refractivity contribution in [1.82, 2.24) is 4.57 Å². The smallest absolute Gasteiger partial charge is 0.321 e. The van der Waals surface area contributed by atoms with Crippen LogP contribution in [0, 0.1) is 0 Å². The Labute approximate surface area is 104 Å². The molecule has 0 saturated carbocycles. The number of furan rings is 1. The number of aromatic nitrogens is 1. The van der Waals surface area contributed by atoms with Crippen LogP contribution in [0.25, 0.3) is 11.1 Å². The summed E-state index contributed by atoms with van der Waals surface area (Å²) < 4.78 is 17.5. The van der Waals surface area contributed by atoms with Gasteiger partial charge in [0, 0.05) is 18.7 Å². The molecule has 2 rings (SSSR count). The summed E-state index contributed by atoms with van der Waals surface area (Å²) in [5.41, 5.74) is 7.71. The molecule has 0 saturated heterocycles. The SMILES string of the molecule is CCOCc1cc2occc2n1COC(=O)CN. The topological polar surface area (TPSA) is 79.6 Å².